The van der Waals surface area contributed by atoms with Crippen LogP contribution in [0.2, 0.25) is 5.02 Å². The number of Topliss-reactive ketones (excluding diaryl/α,β-unsaturated/α-hetero) is 1. The second-order valence-corrected chi connectivity index (χ2v) is 6.54. The van der Waals surface area contributed by atoms with Crippen molar-refractivity contribution < 1.29 is 4.79 Å². The van der Waals surface area contributed by atoms with Gasteiger partial charge >= 0.3 is 0 Å². The maximum atomic E-state index is 11.8. The predicted octanol–water partition coefficient (Wildman–Crippen LogP) is 3.80. The van der Waals surface area contributed by atoms with E-state index < -0.39 is 0 Å². The number of rotatable bonds is 2. The molecule has 1 aromatic rings. The topological polar surface area (TPSA) is 44.1 Å². The lowest BCUT2D eigenvalue weighted by atomic mass is 9.72. The van der Waals surface area contributed by atoms with E-state index in [1.54, 1.807) is 12.1 Å². The molecule has 1 saturated carbocycles. The van der Waals surface area contributed by atoms with Gasteiger partial charge in [-0.3, -0.25) is 4.79 Å². The molecule has 0 amide bonds. The molecule has 4 heteroatoms. The first kappa shape index (κ1) is 14.9. The van der Waals surface area contributed by atoms with E-state index in [2.05, 4.69) is 24.8 Å². The van der Waals surface area contributed by atoms with E-state index in [1.807, 2.05) is 13.1 Å². The Kier molecular flexibility index (Phi) is 4.06. The third kappa shape index (κ3) is 2.81. The zero-order valence-corrected chi connectivity index (χ0v) is 12.9. The largest absolute Gasteiger partial charge is 0.371 e. The molecule has 0 saturated heterocycles. The fourth-order valence-electron chi connectivity index (χ4n) is 2.88. The van der Waals surface area contributed by atoms with Gasteiger partial charge in [0.15, 0.2) is 0 Å². The second-order valence-electron chi connectivity index (χ2n) is 6.13. The molecule has 106 valence electrons. The van der Waals surface area contributed by atoms with Crippen LogP contribution in [0.15, 0.2) is 18.2 Å². The van der Waals surface area contributed by atoms with Gasteiger partial charge in [0.25, 0.3) is 0 Å². The molecule has 20 heavy (non-hydrogen) atoms. The molecule has 0 aliphatic heterocycles. The van der Waals surface area contributed by atoms with Crippen LogP contribution in [0.3, 0.4) is 0 Å². The first-order valence-corrected chi connectivity index (χ1v) is 7.17. The third-order valence-corrected chi connectivity index (χ3v) is 4.63. The number of ketones is 1. The average molecular weight is 291 g/mol. The highest BCUT2D eigenvalue weighted by atomic mass is 35.5. The van der Waals surface area contributed by atoms with E-state index in [0.717, 1.165) is 12.1 Å². The van der Waals surface area contributed by atoms with Gasteiger partial charge in [-0.05, 0) is 30.0 Å². The van der Waals surface area contributed by atoms with Crippen molar-refractivity contribution in [3.05, 3.63) is 28.8 Å². The molecule has 0 radical (unpaired) electrons. The van der Waals surface area contributed by atoms with Crippen LogP contribution in [0.1, 0.15) is 38.7 Å². The lowest BCUT2D eigenvalue weighted by Gasteiger charge is -2.44. The number of benzene rings is 1. The summed E-state index contributed by atoms with van der Waals surface area (Å²) in [6.07, 6.45) is 2.15. The lowest BCUT2D eigenvalue weighted by Crippen LogP contribution is -2.47. The van der Waals surface area contributed by atoms with Gasteiger partial charge in [0, 0.05) is 31.6 Å². The van der Waals surface area contributed by atoms with Gasteiger partial charge in [-0.15, -0.1) is 0 Å². The van der Waals surface area contributed by atoms with E-state index in [4.69, 9.17) is 16.9 Å². The number of carbonyl (C=O) groups is 1. The molecule has 3 nitrogen and oxygen atoms in total. The zero-order chi connectivity index (χ0) is 14.9. The van der Waals surface area contributed by atoms with Gasteiger partial charge in [-0.1, -0.05) is 25.4 Å². The number of hydrogen-bond acceptors (Lipinski definition) is 3. The Balaban J connectivity index is 2.30. The average Bonchev–Trinajstić information content (AvgIpc) is 2.40. The molecule has 0 bridgehead atoms. The summed E-state index contributed by atoms with van der Waals surface area (Å²) in [5, 5.41) is 9.38. The van der Waals surface area contributed by atoms with Gasteiger partial charge < -0.3 is 4.90 Å². The highest BCUT2D eigenvalue weighted by Crippen LogP contribution is 2.39. The molecule has 0 heterocycles. The third-order valence-electron chi connectivity index (χ3n) is 4.32. The number of anilines is 1. The van der Waals surface area contributed by atoms with Crippen LogP contribution in [-0.2, 0) is 4.79 Å². The van der Waals surface area contributed by atoms with Gasteiger partial charge in [0.1, 0.15) is 11.9 Å². The number of halogens is 1. The molecular weight excluding hydrogens is 272 g/mol. The quantitative estimate of drug-likeness (QED) is 0.832. The van der Waals surface area contributed by atoms with Crippen molar-refractivity contribution in [2.75, 3.05) is 11.9 Å². The van der Waals surface area contributed by atoms with E-state index >= 15 is 0 Å². The van der Waals surface area contributed by atoms with Crippen LogP contribution >= 0.6 is 11.6 Å². The van der Waals surface area contributed by atoms with Crippen molar-refractivity contribution in [3.8, 4) is 6.07 Å². The Morgan fingerprint density at radius 1 is 1.45 bits per heavy atom. The summed E-state index contributed by atoms with van der Waals surface area (Å²) in [6, 6.07) is 7.64. The highest BCUT2D eigenvalue weighted by Gasteiger charge is 2.38. The van der Waals surface area contributed by atoms with E-state index in [1.165, 1.54) is 0 Å². The summed E-state index contributed by atoms with van der Waals surface area (Å²) in [4.78, 5) is 13.9. The molecule has 1 unspecified atom stereocenters. The van der Waals surface area contributed by atoms with Gasteiger partial charge in [-0.2, -0.15) is 5.26 Å². The number of hydrogen-bond donors (Lipinski definition) is 0. The van der Waals surface area contributed by atoms with Crippen molar-refractivity contribution in [2.24, 2.45) is 5.41 Å². The Morgan fingerprint density at radius 2 is 2.15 bits per heavy atom. The standard InChI is InChI=1S/C16H19ClN2O/c1-16(2)7-6-13(20)9-15(16)19(3)12-5-4-11(10-18)14(17)8-12/h4-5,8,15H,6-7,9H2,1-3H3. The van der Waals surface area contributed by atoms with Crippen LogP contribution < -0.4 is 4.90 Å². The van der Waals surface area contributed by atoms with Crippen molar-refractivity contribution in [1.29, 1.82) is 5.26 Å². The number of nitrogens with zero attached hydrogens (tertiary/aromatic N) is 2. The van der Waals surface area contributed by atoms with E-state index in [0.29, 0.717) is 29.2 Å². The first-order chi connectivity index (χ1) is 9.35. The summed E-state index contributed by atoms with van der Waals surface area (Å²) >= 11 is 6.10. The fraction of sp³-hybridized carbons (Fsp3) is 0.500. The van der Waals surface area contributed by atoms with Gasteiger partial charge in [-0.25, -0.2) is 0 Å². The van der Waals surface area contributed by atoms with Crippen molar-refractivity contribution >= 4 is 23.1 Å². The maximum Gasteiger partial charge on any atom is 0.135 e. The first-order valence-electron chi connectivity index (χ1n) is 6.79. The molecule has 1 atom stereocenters. The minimum absolute atomic E-state index is 0.0863. The molecule has 1 fully saturated rings. The van der Waals surface area contributed by atoms with Gasteiger partial charge in [0.2, 0.25) is 0 Å². The smallest absolute Gasteiger partial charge is 0.135 e. The molecule has 1 aliphatic rings. The highest BCUT2D eigenvalue weighted by molar-refractivity contribution is 6.32. The summed E-state index contributed by atoms with van der Waals surface area (Å²) in [5.74, 6) is 0.320. The van der Waals surface area contributed by atoms with Crippen LogP contribution in [0.4, 0.5) is 5.69 Å². The summed E-state index contributed by atoms with van der Waals surface area (Å²) in [6.45, 7) is 4.40. The van der Waals surface area contributed by atoms with Crippen LogP contribution in [0, 0.1) is 16.7 Å². The minimum atomic E-state index is 0.0863. The van der Waals surface area contributed by atoms with Crippen LogP contribution in [0.5, 0.6) is 0 Å². The van der Waals surface area contributed by atoms with Crippen molar-refractivity contribution in [2.45, 2.75) is 39.2 Å². The molecular formula is C16H19ClN2O. The number of carbonyl (C=O) groups excluding carboxylic acids is 1. The van der Waals surface area contributed by atoms with E-state index in [9.17, 15) is 4.79 Å². The summed E-state index contributed by atoms with van der Waals surface area (Å²) < 4.78 is 0. The second kappa shape index (κ2) is 5.46. The molecule has 0 N–H and O–H groups in total. The molecule has 1 aromatic carbocycles. The SMILES string of the molecule is CN(c1ccc(C#N)c(Cl)c1)C1CC(=O)CCC1(C)C. The van der Waals surface area contributed by atoms with Crippen molar-refractivity contribution in [1.82, 2.24) is 0 Å². The molecule has 0 spiro atoms. The molecule has 0 aromatic heterocycles. The summed E-state index contributed by atoms with van der Waals surface area (Å²) in [7, 11) is 1.99. The zero-order valence-electron chi connectivity index (χ0n) is 12.1. The Labute approximate surface area is 125 Å². The van der Waals surface area contributed by atoms with Crippen LogP contribution in [-0.4, -0.2) is 18.9 Å². The van der Waals surface area contributed by atoms with Crippen LogP contribution in [0.25, 0.3) is 0 Å². The number of nitriles is 1. The predicted molar refractivity (Wildman–Crippen MR) is 81.0 cm³/mol. The van der Waals surface area contributed by atoms with Crippen molar-refractivity contribution in [3.63, 3.8) is 0 Å². The Hall–Kier alpha value is -1.53. The maximum absolute atomic E-state index is 11.8. The van der Waals surface area contributed by atoms with E-state index in [-0.39, 0.29) is 11.5 Å². The monoisotopic (exact) mass is 290 g/mol. The Bertz CT molecular complexity index is 574. The normalized spacial score (nSPS) is 21.4. The van der Waals surface area contributed by atoms with Gasteiger partial charge in [0.05, 0.1) is 10.6 Å². The fourth-order valence-corrected chi connectivity index (χ4v) is 3.09. The summed E-state index contributed by atoms with van der Waals surface area (Å²) in [5.41, 5.74) is 1.51. The molecule has 1 aliphatic carbocycles. The lowest BCUT2D eigenvalue weighted by molar-refractivity contribution is -0.122. The molecule has 2 rings (SSSR count). The minimum Gasteiger partial charge on any atom is -0.371 e. The Morgan fingerprint density at radius 3 is 2.75 bits per heavy atom.